The largest absolute Gasteiger partial charge is 0.306 e. The van der Waals surface area contributed by atoms with Gasteiger partial charge in [0, 0.05) is 24.5 Å². The Morgan fingerprint density at radius 1 is 1.56 bits per heavy atom. The van der Waals surface area contributed by atoms with E-state index in [-0.39, 0.29) is 17.8 Å². The van der Waals surface area contributed by atoms with E-state index < -0.39 is 9.84 Å². The number of nitrogens with one attached hydrogen (secondary N) is 1. The molecule has 0 saturated carbocycles. The third-order valence-electron chi connectivity index (χ3n) is 2.90. The van der Waals surface area contributed by atoms with Gasteiger partial charge in [0.1, 0.15) is 0 Å². The van der Waals surface area contributed by atoms with Gasteiger partial charge in [-0.2, -0.15) is 0 Å². The molecule has 1 aliphatic rings. The van der Waals surface area contributed by atoms with E-state index in [9.17, 15) is 8.42 Å². The molecular weight excluding hydrogens is 224 g/mol. The van der Waals surface area contributed by atoms with Crippen LogP contribution >= 0.6 is 0 Å². The van der Waals surface area contributed by atoms with E-state index in [4.69, 9.17) is 0 Å². The second kappa shape index (κ2) is 4.51. The maximum atomic E-state index is 11.3. The predicted octanol–water partition coefficient (Wildman–Crippen LogP) is 0.919. The predicted molar refractivity (Wildman–Crippen MR) is 62.8 cm³/mol. The first-order valence-corrected chi connectivity index (χ1v) is 7.25. The number of sulfone groups is 1. The van der Waals surface area contributed by atoms with Crippen LogP contribution in [0.1, 0.15) is 24.9 Å². The maximum Gasteiger partial charge on any atom is 0.151 e. The summed E-state index contributed by atoms with van der Waals surface area (Å²) in [6.07, 6.45) is 4.25. The van der Waals surface area contributed by atoms with Crippen molar-refractivity contribution < 1.29 is 8.42 Å². The molecule has 1 aromatic heterocycles. The first-order valence-electron chi connectivity index (χ1n) is 5.43. The van der Waals surface area contributed by atoms with Crippen LogP contribution in [0.2, 0.25) is 0 Å². The molecule has 2 heterocycles. The van der Waals surface area contributed by atoms with Gasteiger partial charge in [-0.3, -0.25) is 4.98 Å². The van der Waals surface area contributed by atoms with Gasteiger partial charge in [-0.15, -0.1) is 0 Å². The monoisotopic (exact) mass is 240 g/mol. The molecule has 2 atom stereocenters. The van der Waals surface area contributed by atoms with E-state index >= 15 is 0 Å². The van der Waals surface area contributed by atoms with Crippen molar-refractivity contribution >= 4 is 9.84 Å². The third-order valence-corrected chi connectivity index (χ3v) is 4.67. The van der Waals surface area contributed by atoms with Gasteiger partial charge in [0.05, 0.1) is 11.5 Å². The lowest BCUT2D eigenvalue weighted by Crippen LogP contribution is -2.32. The van der Waals surface area contributed by atoms with Gasteiger partial charge in [-0.05, 0) is 25.0 Å². The average molecular weight is 240 g/mol. The number of hydrogen-bond donors (Lipinski definition) is 1. The highest BCUT2D eigenvalue weighted by atomic mass is 32.2. The van der Waals surface area contributed by atoms with E-state index in [0.717, 1.165) is 5.56 Å². The zero-order chi connectivity index (χ0) is 11.6. The second-order valence-electron chi connectivity index (χ2n) is 4.27. The topological polar surface area (TPSA) is 59.1 Å². The Labute approximate surface area is 96.0 Å². The summed E-state index contributed by atoms with van der Waals surface area (Å²) in [6, 6.07) is 4.11. The van der Waals surface area contributed by atoms with Crippen LogP contribution in [-0.4, -0.2) is 30.9 Å². The molecule has 1 saturated heterocycles. The highest BCUT2D eigenvalue weighted by molar-refractivity contribution is 7.91. The Morgan fingerprint density at radius 2 is 2.38 bits per heavy atom. The van der Waals surface area contributed by atoms with Gasteiger partial charge in [0.25, 0.3) is 0 Å². The SMILES string of the molecule is C[C@@H](NC1CCS(=O)(=O)C1)c1cccnc1. The summed E-state index contributed by atoms with van der Waals surface area (Å²) >= 11 is 0. The van der Waals surface area contributed by atoms with Crippen molar-refractivity contribution in [2.45, 2.75) is 25.4 Å². The average Bonchev–Trinajstić information content (AvgIpc) is 2.59. The first kappa shape index (κ1) is 11.5. The molecule has 1 aliphatic heterocycles. The van der Waals surface area contributed by atoms with Crippen molar-refractivity contribution in [1.29, 1.82) is 0 Å². The molecule has 0 spiro atoms. The van der Waals surface area contributed by atoms with E-state index in [1.807, 2.05) is 19.1 Å². The molecule has 4 nitrogen and oxygen atoms in total. The smallest absolute Gasteiger partial charge is 0.151 e. The molecule has 16 heavy (non-hydrogen) atoms. The molecule has 1 aromatic rings. The lowest BCUT2D eigenvalue weighted by Gasteiger charge is -2.18. The molecular formula is C11H16N2O2S. The van der Waals surface area contributed by atoms with Crippen LogP contribution in [0.4, 0.5) is 0 Å². The molecule has 0 aromatic carbocycles. The Kier molecular flexibility index (Phi) is 3.25. The highest BCUT2D eigenvalue weighted by Crippen LogP contribution is 2.17. The van der Waals surface area contributed by atoms with Gasteiger partial charge in [-0.1, -0.05) is 6.07 Å². The summed E-state index contributed by atoms with van der Waals surface area (Å²) < 4.78 is 22.6. The van der Waals surface area contributed by atoms with Gasteiger partial charge in [0.15, 0.2) is 9.84 Å². The fraction of sp³-hybridized carbons (Fsp3) is 0.545. The van der Waals surface area contributed by atoms with Crippen LogP contribution in [0.25, 0.3) is 0 Å². The molecule has 0 amide bonds. The van der Waals surface area contributed by atoms with Crippen molar-refractivity contribution in [3.8, 4) is 0 Å². The number of nitrogens with zero attached hydrogens (tertiary/aromatic N) is 1. The number of rotatable bonds is 3. The van der Waals surface area contributed by atoms with E-state index in [1.54, 1.807) is 12.4 Å². The molecule has 88 valence electrons. The molecule has 0 bridgehead atoms. The molecule has 5 heteroatoms. The Bertz CT molecular complexity index is 444. The summed E-state index contributed by atoms with van der Waals surface area (Å²) in [5.41, 5.74) is 1.09. The molecule has 0 radical (unpaired) electrons. The lowest BCUT2D eigenvalue weighted by molar-refractivity contribution is 0.484. The van der Waals surface area contributed by atoms with Crippen LogP contribution < -0.4 is 5.32 Å². The summed E-state index contributed by atoms with van der Waals surface area (Å²) in [5, 5.41) is 3.33. The lowest BCUT2D eigenvalue weighted by atomic mass is 10.1. The van der Waals surface area contributed by atoms with Crippen LogP contribution in [0.15, 0.2) is 24.5 Å². The Morgan fingerprint density at radius 3 is 2.94 bits per heavy atom. The third kappa shape index (κ3) is 2.80. The molecule has 1 fully saturated rings. The molecule has 0 aliphatic carbocycles. The minimum Gasteiger partial charge on any atom is -0.306 e. The number of pyridine rings is 1. The van der Waals surface area contributed by atoms with Crippen LogP contribution in [0.5, 0.6) is 0 Å². The van der Waals surface area contributed by atoms with Gasteiger partial charge in [-0.25, -0.2) is 8.42 Å². The highest BCUT2D eigenvalue weighted by Gasteiger charge is 2.28. The van der Waals surface area contributed by atoms with E-state index in [2.05, 4.69) is 10.3 Å². The van der Waals surface area contributed by atoms with Crippen LogP contribution in [0.3, 0.4) is 0 Å². The maximum absolute atomic E-state index is 11.3. The molecule has 1 N–H and O–H groups in total. The van der Waals surface area contributed by atoms with Crippen LogP contribution in [0, 0.1) is 0 Å². The standard InChI is InChI=1S/C11H16N2O2S/c1-9(10-3-2-5-12-7-10)13-11-4-6-16(14,15)8-11/h2-3,5,7,9,11,13H,4,6,8H2,1H3/t9-,11?/m1/s1. The Balaban J connectivity index is 1.96. The second-order valence-corrected chi connectivity index (χ2v) is 6.50. The number of hydrogen-bond acceptors (Lipinski definition) is 4. The summed E-state index contributed by atoms with van der Waals surface area (Å²) in [5.74, 6) is 0.571. The normalized spacial score (nSPS) is 25.4. The summed E-state index contributed by atoms with van der Waals surface area (Å²) in [7, 11) is -2.80. The zero-order valence-electron chi connectivity index (χ0n) is 9.26. The zero-order valence-corrected chi connectivity index (χ0v) is 10.1. The molecule has 2 rings (SSSR count). The minimum atomic E-state index is -2.80. The van der Waals surface area contributed by atoms with E-state index in [0.29, 0.717) is 12.2 Å². The van der Waals surface area contributed by atoms with Crippen molar-refractivity contribution in [2.24, 2.45) is 0 Å². The van der Waals surface area contributed by atoms with E-state index in [1.165, 1.54) is 0 Å². The van der Waals surface area contributed by atoms with Crippen LogP contribution in [-0.2, 0) is 9.84 Å². The summed E-state index contributed by atoms with van der Waals surface area (Å²) in [6.45, 7) is 2.03. The fourth-order valence-electron chi connectivity index (χ4n) is 2.01. The minimum absolute atomic E-state index is 0.0835. The van der Waals surface area contributed by atoms with Gasteiger partial charge in [0.2, 0.25) is 0 Å². The van der Waals surface area contributed by atoms with Crippen molar-refractivity contribution in [3.63, 3.8) is 0 Å². The quantitative estimate of drug-likeness (QED) is 0.853. The fourth-order valence-corrected chi connectivity index (χ4v) is 3.69. The van der Waals surface area contributed by atoms with Gasteiger partial charge < -0.3 is 5.32 Å². The van der Waals surface area contributed by atoms with Crippen molar-refractivity contribution in [3.05, 3.63) is 30.1 Å². The summed E-state index contributed by atoms with van der Waals surface area (Å²) in [4.78, 5) is 4.05. The Hall–Kier alpha value is -0.940. The van der Waals surface area contributed by atoms with Gasteiger partial charge >= 0.3 is 0 Å². The number of aromatic nitrogens is 1. The molecule has 1 unspecified atom stereocenters. The van der Waals surface area contributed by atoms with Crippen molar-refractivity contribution in [1.82, 2.24) is 10.3 Å². The van der Waals surface area contributed by atoms with Crippen molar-refractivity contribution in [2.75, 3.05) is 11.5 Å². The first-order chi connectivity index (χ1) is 7.57.